The number of nitrogens with zero attached hydrogens (tertiary/aromatic N) is 1. The van der Waals surface area contributed by atoms with E-state index in [1.54, 1.807) is 18.2 Å². The van der Waals surface area contributed by atoms with Crippen molar-refractivity contribution in [2.24, 2.45) is 4.99 Å². The topological polar surface area (TPSA) is 55.7 Å². The van der Waals surface area contributed by atoms with Crippen LogP contribution in [-0.4, -0.2) is 31.6 Å². The maximum absolute atomic E-state index is 11.5. The number of methoxy groups -OCH3 is 1. The Morgan fingerprint density at radius 3 is 2.78 bits per heavy atom. The molecule has 0 unspecified atom stereocenters. The summed E-state index contributed by atoms with van der Waals surface area (Å²) >= 11 is 11.8. The molecular formula is C12H11Cl2NO3. The minimum Gasteiger partial charge on any atom is -0.467 e. The van der Waals surface area contributed by atoms with E-state index in [1.807, 2.05) is 0 Å². The summed E-state index contributed by atoms with van der Waals surface area (Å²) in [6.45, 7) is 0. The number of esters is 1. The van der Waals surface area contributed by atoms with Crippen molar-refractivity contribution in [1.82, 2.24) is 0 Å². The Balaban J connectivity index is 2.91. The molecular weight excluding hydrogens is 277 g/mol. The number of carbonyl (C=O) groups excluding carboxylic acids is 2. The molecule has 0 spiro atoms. The van der Waals surface area contributed by atoms with Crippen molar-refractivity contribution in [1.29, 1.82) is 0 Å². The van der Waals surface area contributed by atoms with Gasteiger partial charge in [0, 0.05) is 16.5 Å². The summed E-state index contributed by atoms with van der Waals surface area (Å²) in [5.74, 6) is -0.529. The van der Waals surface area contributed by atoms with Gasteiger partial charge in [0.05, 0.1) is 13.3 Å². The molecule has 1 atom stereocenters. The van der Waals surface area contributed by atoms with Gasteiger partial charge in [0.2, 0.25) is 0 Å². The molecule has 6 heteroatoms. The number of rotatable bonds is 5. The average molecular weight is 288 g/mol. The Morgan fingerprint density at radius 1 is 1.50 bits per heavy atom. The molecule has 96 valence electrons. The fourth-order valence-corrected chi connectivity index (χ4v) is 1.85. The van der Waals surface area contributed by atoms with Gasteiger partial charge in [0.15, 0.2) is 12.3 Å². The zero-order valence-corrected chi connectivity index (χ0v) is 11.1. The highest BCUT2D eigenvalue weighted by molar-refractivity contribution is 6.35. The lowest BCUT2D eigenvalue weighted by atomic mass is 10.1. The zero-order chi connectivity index (χ0) is 13.5. The van der Waals surface area contributed by atoms with Crippen LogP contribution in [0.4, 0.5) is 0 Å². The van der Waals surface area contributed by atoms with Crippen molar-refractivity contribution in [2.45, 2.75) is 12.5 Å². The summed E-state index contributed by atoms with van der Waals surface area (Å²) < 4.78 is 4.61. The summed E-state index contributed by atoms with van der Waals surface area (Å²) in [5.41, 5.74) is 0.708. The van der Waals surface area contributed by atoms with E-state index in [1.165, 1.54) is 7.11 Å². The molecule has 0 saturated carbocycles. The van der Waals surface area contributed by atoms with E-state index in [0.717, 1.165) is 6.21 Å². The second-order valence-electron chi connectivity index (χ2n) is 3.41. The number of aldehydes is 1. The number of hydrogen-bond acceptors (Lipinski definition) is 4. The smallest absolute Gasteiger partial charge is 0.330 e. The normalized spacial score (nSPS) is 12.4. The Kier molecular flexibility index (Phi) is 5.82. The molecule has 0 N–H and O–H groups in total. The van der Waals surface area contributed by atoms with Crippen LogP contribution < -0.4 is 0 Å². The minimum absolute atomic E-state index is 0.243. The number of halogens is 2. The van der Waals surface area contributed by atoms with Crippen LogP contribution in [0.1, 0.15) is 5.56 Å². The van der Waals surface area contributed by atoms with Crippen molar-refractivity contribution >= 4 is 41.7 Å². The molecule has 18 heavy (non-hydrogen) atoms. The van der Waals surface area contributed by atoms with Gasteiger partial charge < -0.3 is 4.74 Å². The highest BCUT2D eigenvalue weighted by Gasteiger charge is 2.19. The van der Waals surface area contributed by atoms with Crippen molar-refractivity contribution in [3.8, 4) is 0 Å². The molecule has 4 nitrogen and oxygen atoms in total. The van der Waals surface area contributed by atoms with Gasteiger partial charge in [-0.05, 0) is 17.7 Å². The molecule has 0 amide bonds. The predicted molar refractivity (Wildman–Crippen MR) is 70.5 cm³/mol. The van der Waals surface area contributed by atoms with Gasteiger partial charge in [-0.25, -0.2) is 4.79 Å². The molecule has 0 aliphatic carbocycles. The van der Waals surface area contributed by atoms with Gasteiger partial charge in [-0.3, -0.25) is 9.79 Å². The Labute approximate surface area is 115 Å². The molecule has 1 aromatic rings. The third kappa shape index (κ3) is 4.13. The highest BCUT2D eigenvalue weighted by Crippen LogP contribution is 2.22. The summed E-state index contributed by atoms with van der Waals surface area (Å²) in [4.78, 5) is 25.5. The lowest BCUT2D eigenvalue weighted by molar-refractivity contribution is -0.142. The molecule has 0 aliphatic rings. The molecule has 0 heterocycles. The summed E-state index contributed by atoms with van der Waals surface area (Å²) in [6, 6.07) is 4.16. The average Bonchev–Trinajstić information content (AvgIpc) is 2.36. The van der Waals surface area contributed by atoms with Crippen LogP contribution in [0.5, 0.6) is 0 Å². The zero-order valence-electron chi connectivity index (χ0n) is 9.60. The molecule has 1 aromatic carbocycles. The molecule has 0 aliphatic heterocycles. The van der Waals surface area contributed by atoms with Crippen LogP contribution in [0, 0.1) is 0 Å². The lowest BCUT2D eigenvalue weighted by Gasteiger charge is -2.11. The summed E-state index contributed by atoms with van der Waals surface area (Å²) in [5, 5.41) is 0.951. The van der Waals surface area contributed by atoms with Crippen molar-refractivity contribution in [2.75, 3.05) is 7.11 Å². The van der Waals surface area contributed by atoms with E-state index in [0.29, 0.717) is 21.9 Å². The van der Waals surface area contributed by atoms with Crippen LogP contribution in [-0.2, 0) is 20.7 Å². The minimum atomic E-state index is -0.793. The van der Waals surface area contributed by atoms with E-state index in [-0.39, 0.29) is 6.42 Å². The van der Waals surface area contributed by atoms with Crippen molar-refractivity contribution in [3.63, 3.8) is 0 Å². The maximum atomic E-state index is 11.5. The van der Waals surface area contributed by atoms with Crippen molar-refractivity contribution in [3.05, 3.63) is 33.8 Å². The van der Waals surface area contributed by atoms with Crippen LogP contribution in [0.25, 0.3) is 0 Å². The van der Waals surface area contributed by atoms with Crippen LogP contribution in [0.15, 0.2) is 23.2 Å². The third-order valence-corrected chi connectivity index (χ3v) is 2.82. The van der Waals surface area contributed by atoms with Gasteiger partial charge in [-0.1, -0.05) is 29.3 Å². The number of benzene rings is 1. The molecule has 0 saturated heterocycles. The second-order valence-corrected chi connectivity index (χ2v) is 4.26. The van der Waals surface area contributed by atoms with Gasteiger partial charge in [0.1, 0.15) is 0 Å². The summed E-state index contributed by atoms with van der Waals surface area (Å²) in [7, 11) is 1.26. The Bertz CT molecular complexity index is 474. The second kappa shape index (κ2) is 7.13. The highest BCUT2D eigenvalue weighted by atomic mass is 35.5. The first-order valence-electron chi connectivity index (χ1n) is 5.07. The largest absolute Gasteiger partial charge is 0.467 e. The Hall–Kier alpha value is -1.39. The van der Waals surface area contributed by atoms with Crippen LogP contribution in [0.2, 0.25) is 10.0 Å². The fourth-order valence-electron chi connectivity index (χ4n) is 1.37. The lowest BCUT2D eigenvalue weighted by Crippen LogP contribution is -2.23. The van der Waals surface area contributed by atoms with Crippen LogP contribution >= 0.6 is 23.2 Å². The maximum Gasteiger partial charge on any atom is 0.330 e. The number of ether oxygens (including phenoxy) is 1. The third-order valence-electron chi connectivity index (χ3n) is 2.23. The molecule has 0 fully saturated rings. The van der Waals surface area contributed by atoms with E-state index >= 15 is 0 Å². The standard InChI is InChI=1S/C12H11Cl2NO3/c1-18-12(17)11(15-4-5-16)6-8-2-3-9(13)7-10(8)14/h2-5,7,11H,6H2,1H3/t11-/m1/s1. The van der Waals surface area contributed by atoms with Gasteiger partial charge in [-0.15, -0.1) is 0 Å². The van der Waals surface area contributed by atoms with E-state index < -0.39 is 12.0 Å². The van der Waals surface area contributed by atoms with Gasteiger partial charge in [0.25, 0.3) is 0 Å². The first kappa shape index (κ1) is 14.7. The summed E-state index contributed by atoms with van der Waals surface area (Å²) in [6.07, 6.45) is 1.76. The predicted octanol–water partition coefficient (Wildman–Crippen LogP) is 2.35. The number of aliphatic imine (C=N–C) groups is 1. The molecule has 0 aromatic heterocycles. The van der Waals surface area contributed by atoms with E-state index in [2.05, 4.69) is 9.73 Å². The van der Waals surface area contributed by atoms with Crippen LogP contribution in [0.3, 0.4) is 0 Å². The number of carbonyl (C=O) groups is 2. The van der Waals surface area contributed by atoms with E-state index in [9.17, 15) is 9.59 Å². The quantitative estimate of drug-likeness (QED) is 0.475. The molecule has 0 radical (unpaired) electrons. The van der Waals surface area contributed by atoms with Crippen molar-refractivity contribution < 1.29 is 14.3 Å². The Morgan fingerprint density at radius 2 is 2.22 bits per heavy atom. The SMILES string of the molecule is COC(=O)[C@@H](Cc1ccc(Cl)cc1Cl)N=CC=O. The monoisotopic (exact) mass is 287 g/mol. The van der Waals surface area contributed by atoms with E-state index in [4.69, 9.17) is 23.2 Å². The number of hydrogen-bond donors (Lipinski definition) is 0. The first-order chi connectivity index (χ1) is 8.58. The molecule has 1 rings (SSSR count). The first-order valence-corrected chi connectivity index (χ1v) is 5.82. The molecule has 0 bridgehead atoms. The van der Waals surface area contributed by atoms with Gasteiger partial charge >= 0.3 is 5.97 Å². The fraction of sp³-hybridized carbons (Fsp3) is 0.250. The van der Waals surface area contributed by atoms with Gasteiger partial charge in [-0.2, -0.15) is 0 Å².